The second kappa shape index (κ2) is 10.4. The molecule has 0 bridgehead atoms. The number of anilines is 1. The van der Waals surface area contributed by atoms with Crippen LogP contribution in [0.5, 0.6) is 5.75 Å². The second-order valence-corrected chi connectivity index (χ2v) is 9.37. The molecule has 2 amide bonds. The number of benzene rings is 2. The number of carbonyl (C=O) groups excluding carboxylic acids is 2. The summed E-state index contributed by atoms with van der Waals surface area (Å²) in [6.07, 6.45) is 4.42. The Kier molecular flexibility index (Phi) is 7.33. The lowest BCUT2D eigenvalue weighted by Crippen LogP contribution is -2.46. The largest absolute Gasteiger partial charge is 0.497 e. The zero-order valence-corrected chi connectivity index (χ0v) is 19.9. The minimum absolute atomic E-state index is 0.00437. The molecule has 3 atom stereocenters. The van der Waals surface area contributed by atoms with Gasteiger partial charge in [-0.1, -0.05) is 43.2 Å². The first-order valence-corrected chi connectivity index (χ1v) is 12.0. The van der Waals surface area contributed by atoms with E-state index in [4.69, 9.17) is 4.74 Å². The molecule has 1 aliphatic carbocycles. The molecule has 0 radical (unpaired) electrons. The van der Waals surface area contributed by atoms with Crippen LogP contribution in [0.3, 0.4) is 0 Å². The maximum atomic E-state index is 13.5. The lowest BCUT2D eigenvalue weighted by molar-refractivity contribution is -0.135. The van der Waals surface area contributed by atoms with Crippen LogP contribution in [-0.4, -0.2) is 51.0 Å². The van der Waals surface area contributed by atoms with Crippen LogP contribution < -0.4 is 15.0 Å². The fraction of sp³-hybridized carbons (Fsp3) is 0.481. The molecule has 6 nitrogen and oxygen atoms in total. The van der Waals surface area contributed by atoms with Crippen molar-refractivity contribution in [3.63, 3.8) is 0 Å². The van der Waals surface area contributed by atoms with Crippen LogP contribution in [0.15, 0.2) is 48.5 Å². The summed E-state index contributed by atoms with van der Waals surface area (Å²) in [7, 11) is 5.67. The topological polar surface area (TPSA) is 61.9 Å². The molecule has 1 N–H and O–H groups in total. The number of fused-ring (bicyclic) bond motifs is 1. The summed E-state index contributed by atoms with van der Waals surface area (Å²) in [5.74, 6) is 0.383. The summed E-state index contributed by atoms with van der Waals surface area (Å²) in [6.45, 7) is 1.20. The molecule has 3 unspecified atom stereocenters. The van der Waals surface area contributed by atoms with Crippen molar-refractivity contribution < 1.29 is 14.3 Å². The van der Waals surface area contributed by atoms with Crippen molar-refractivity contribution >= 4 is 17.5 Å². The molecule has 2 aliphatic rings. The first-order valence-electron chi connectivity index (χ1n) is 12.0. The molecule has 6 heteroatoms. The lowest BCUT2D eigenvalue weighted by atomic mass is 9.77. The van der Waals surface area contributed by atoms with Gasteiger partial charge in [0.1, 0.15) is 5.75 Å². The molecular formula is C27H35N3O3. The van der Waals surface area contributed by atoms with Crippen LogP contribution in [0, 0.1) is 11.8 Å². The zero-order valence-electron chi connectivity index (χ0n) is 19.9. The van der Waals surface area contributed by atoms with E-state index in [1.165, 1.54) is 5.56 Å². The Morgan fingerprint density at radius 3 is 2.61 bits per heavy atom. The highest BCUT2D eigenvalue weighted by Gasteiger charge is 2.39. The normalized spacial score (nSPS) is 20.9. The summed E-state index contributed by atoms with van der Waals surface area (Å²) in [6, 6.07) is 16.1. The van der Waals surface area contributed by atoms with Gasteiger partial charge in [-0.05, 0) is 62.7 Å². The predicted octanol–water partition coefficient (Wildman–Crippen LogP) is 3.81. The third kappa shape index (κ3) is 5.06. The Labute approximate surface area is 196 Å². The summed E-state index contributed by atoms with van der Waals surface area (Å²) in [5, 5.41) is 3.17. The van der Waals surface area contributed by atoms with E-state index in [9.17, 15) is 9.59 Å². The average Bonchev–Trinajstić information content (AvgIpc) is 3.28. The molecule has 176 valence electrons. The standard InChI is InChI=1S/C27H35N3O3/c1-29(2)25(20-10-8-11-21(17-20)33-3)18-28-26(31)22-12-5-6-13-23(22)27(32)30-16-15-19-9-4-7-14-24(19)30/h4,7-11,14,17,22-23,25H,5-6,12-13,15-16,18H2,1-3H3,(H,28,31). The summed E-state index contributed by atoms with van der Waals surface area (Å²) in [5.41, 5.74) is 3.32. The van der Waals surface area contributed by atoms with Gasteiger partial charge < -0.3 is 19.9 Å². The first-order chi connectivity index (χ1) is 16.0. The number of amides is 2. The fourth-order valence-corrected chi connectivity index (χ4v) is 5.28. The van der Waals surface area contributed by atoms with Crippen molar-refractivity contribution in [1.82, 2.24) is 10.2 Å². The Hall–Kier alpha value is -2.86. The van der Waals surface area contributed by atoms with Crippen molar-refractivity contribution in [2.24, 2.45) is 11.8 Å². The zero-order chi connectivity index (χ0) is 23.4. The average molecular weight is 450 g/mol. The molecule has 33 heavy (non-hydrogen) atoms. The van der Waals surface area contributed by atoms with Crippen molar-refractivity contribution in [3.8, 4) is 5.75 Å². The van der Waals surface area contributed by atoms with Gasteiger partial charge in [-0.2, -0.15) is 0 Å². The fourth-order valence-electron chi connectivity index (χ4n) is 5.28. The van der Waals surface area contributed by atoms with Gasteiger partial charge in [-0.3, -0.25) is 9.59 Å². The predicted molar refractivity (Wildman–Crippen MR) is 130 cm³/mol. The van der Waals surface area contributed by atoms with Gasteiger partial charge >= 0.3 is 0 Å². The highest BCUT2D eigenvalue weighted by Crippen LogP contribution is 2.36. The van der Waals surface area contributed by atoms with Crippen LogP contribution in [0.2, 0.25) is 0 Å². The molecule has 2 aromatic carbocycles. The van der Waals surface area contributed by atoms with E-state index in [-0.39, 0.29) is 29.7 Å². The number of nitrogens with one attached hydrogen (secondary N) is 1. The molecule has 1 fully saturated rings. The minimum atomic E-state index is -0.271. The van der Waals surface area contributed by atoms with Gasteiger partial charge in [0.05, 0.1) is 19.1 Å². The number of likely N-dealkylation sites (N-methyl/N-ethyl adjacent to an activating group) is 1. The maximum absolute atomic E-state index is 13.5. The molecule has 0 aromatic heterocycles. The van der Waals surface area contributed by atoms with E-state index < -0.39 is 0 Å². The number of carbonyl (C=O) groups is 2. The molecule has 4 rings (SSSR count). The molecule has 0 spiro atoms. The monoisotopic (exact) mass is 449 g/mol. The van der Waals surface area contributed by atoms with Gasteiger partial charge in [-0.25, -0.2) is 0 Å². The molecule has 1 aliphatic heterocycles. The maximum Gasteiger partial charge on any atom is 0.230 e. The van der Waals surface area contributed by atoms with Gasteiger partial charge in [-0.15, -0.1) is 0 Å². The number of methoxy groups -OCH3 is 1. The highest BCUT2D eigenvalue weighted by molar-refractivity contribution is 5.99. The van der Waals surface area contributed by atoms with E-state index in [1.807, 2.05) is 55.4 Å². The van der Waals surface area contributed by atoms with E-state index >= 15 is 0 Å². The second-order valence-electron chi connectivity index (χ2n) is 9.37. The number of para-hydroxylation sites is 1. The number of hydrogen-bond acceptors (Lipinski definition) is 4. The van der Waals surface area contributed by atoms with Gasteiger partial charge in [0.2, 0.25) is 11.8 Å². The summed E-state index contributed by atoms with van der Waals surface area (Å²) in [4.78, 5) is 30.9. The number of ether oxygens (including phenoxy) is 1. The Bertz CT molecular complexity index is 990. The van der Waals surface area contributed by atoms with Crippen molar-refractivity contribution in [3.05, 3.63) is 59.7 Å². The first kappa shape index (κ1) is 23.3. The van der Waals surface area contributed by atoms with Crippen molar-refractivity contribution in [2.45, 2.75) is 38.1 Å². The molecule has 0 saturated heterocycles. The minimum Gasteiger partial charge on any atom is -0.497 e. The Balaban J connectivity index is 1.45. The van der Waals surface area contributed by atoms with E-state index in [1.54, 1.807) is 7.11 Å². The molecule has 1 heterocycles. The number of nitrogens with zero attached hydrogens (tertiary/aromatic N) is 2. The number of rotatable bonds is 7. The Morgan fingerprint density at radius 2 is 1.85 bits per heavy atom. The Morgan fingerprint density at radius 1 is 1.09 bits per heavy atom. The van der Waals surface area contributed by atoms with Crippen molar-refractivity contribution in [2.75, 3.05) is 39.2 Å². The molecule has 1 saturated carbocycles. The van der Waals surface area contributed by atoms with E-state index in [0.29, 0.717) is 13.1 Å². The molecular weight excluding hydrogens is 414 g/mol. The van der Waals surface area contributed by atoms with Crippen LogP contribution in [-0.2, 0) is 16.0 Å². The highest BCUT2D eigenvalue weighted by atomic mass is 16.5. The quantitative estimate of drug-likeness (QED) is 0.698. The van der Waals surface area contributed by atoms with Crippen LogP contribution in [0.4, 0.5) is 5.69 Å². The van der Waals surface area contributed by atoms with E-state index in [2.05, 4.69) is 22.3 Å². The van der Waals surface area contributed by atoms with Gasteiger partial charge in [0.25, 0.3) is 0 Å². The van der Waals surface area contributed by atoms with Gasteiger partial charge in [0, 0.05) is 24.7 Å². The summed E-state index contributed by atoms with van der Waals surface area (Å²) >= 11 is 0. The molecule has 2 aromatic rings. The third-order valence-corrected chi connectivity index (χ3v) is 7.14. The lowest BCUT2D eigenvalue weighted by Gasteiger charge is -2.33. The van der Waals surface area contributed by atoms with E-state index in [0.717, 1.165) is 49.1 Å². The SMILES string of the molecule is COc1cccc(C(CNC(=O)C2CCCCC2C(=O)N2CCc3ccccc32)N(C)C)c1. The third-order valence-electron chi connectivity index (χ3n) is 7.14. The van der Waals surface area contributed by atoms with Crippen LogP contribution in [0.1, 0.15) is 42.9 Å². The van der Waals surface area contributed by atoms with Crippen molar-refractivity contribution in [1.29, 1.82) is 0 Å². The van der Waals surface area contributed by atoms with Gasteiger partial charge in [0.15, 0.2) is 0 Å². The van der Waals surface area contributed by atoms with Crippen LogP contribution >= 0.6 is 0 Å². The number of hydrogen-bond donors (Lipinski definition) is 1. The summed E-state index contributed by atoms with van der Waals surface area (Å²) < 4.78 is 5.37. The smallest absolute Gasteiger partial charge is 0.230 e. The van der Waals surface area contributed by atoms with Crippen LogP contribution in [0.25, 0.3) is 0 Å².